The van der Waals surface area contributed by atoms with E-state index in [0.29, 0.717) is 5.92 Å². The minimum absolute atomic E-state index is 0.500. The van der Waals surface area contributed by atoms with Crippen molar-refractivity contribution >= 4 is 0 Å². The van der Waals surface area contributed by atoms with E-state index in [4.69, 9.17) is 10.00 Å². The van der Waals surface area contributed by atoms with E-state index in [1.165, 1.54) is 0 Å². The van der Waals surface area contributed by atoms with Gasteiger partial charge in [-0.25, -0.2) is 0 Å². The second kappa shape index (κ2) is 3.38. The summed E-state index contributed by atoms with van der Waals surface area (Å²) in [5, 5.41) is 8.33. The van der Waals surface area contributed by atoms with E-state index in [1.807, 2.05) is 13.0 Å². The zero-order chi connectivity index (χ0) is 7.40. The Kier molecular flexibility index (Phi) is 2.47. The highest BCUT2D eigenvalue weighted by atomic mass is 16.5. The Hall–Kier alpha value is -0.810. The second-order valence-corrected chi connectivity index (χ2v) is 2.58. The van der Waals surface area contributed by atoms with Crippen molar-refractivity contribution in [1.82, 2.24) is 0 Å². The van der Waals surface area contributed by atoms with Gasteiger partial charge in [0.25, 0.3) is 0 Å². The maximum atomic E-state index is 8.33. The molecule has 0 amide bonds. The fourth-order valence-corrected chi connectivity index (χ4v) is 1.11. The van der Waals surface area contributed by atoms with Gasteiger partial charge in [0.05, 0.1) is 12.7 Å². The first kappa shape index (κ1) is 7.30. The fraction of sp³-hybridized carbons (Fsp3) is 0.625. The first-order valence-electron chi connectivity index (χ1n) is 3.48. The molecule has 1 aliphatic heterocycles. The Morgan fingerprint density at radius 3 is 3.10 bits per heavy atom. The molecule has 2 nitrogen and oxygen atoms in total. The summed E-state index contributed by atoms with van der Waals surface area (Å²) in [5.41, 5.74) is 1.15. The van der Waals surface area contributed by atoms with Crippen LogP contribution in [0.5, 0.6) is 0 Å². The number of ether oxygens (including phenoxy) is 1. The molecule has 1 heterocycles. The molecular formula is C8H11NO. The smallest absolute Gasteiger partial charge is 0.0911 e. The molecule has 54 valence electrons. The topological polar surface area (TPSA) is 33.0 Å². The summed E-state index contributed by atoms with van der Waals surface area (Å²) in [4.78, 5) is 0. The van der Waals surface area contributed by atoms with Crippen LogP contribution in [0.15, 0.2) is 11.6 Å². The standard InChI is InChI=1S/C8H11NO/c1-7(2-4-9)8-3-5-10-6-8/h2,8H,3,5-6H2,1H3. The van der Waals surface area contributed by atoms with Gasteiger partial charge in [0, 0.05) is 18.6 Å². The third-order valence-corrected chi connectivity index (χ3v) is 1.87. The molecule has 1 aliphatic rings. The molecule has 1 rings (SSSR count). The lowest BCUT2D eigenvalue weighted by Gasteiger charge is -2.04. The lowest BCUT2D eigenvalue weighted by atomic mass is 10.0. The van der Waals surface area contributed by atoms with Crippen LogP contribution >= 0.6 is 0 Å². The Morgan fingerprint density at radius 1 is 1.80 bits per heavy atom. The maximum absolute atomic E-state index is 8.33. The van der Waals surface area contributed by atoms with E-state index in [0.717, 1.165) is 25.2 Å². The predicted octanol–water partition coefficient (Wildman–Crippen LogP) is 1.49. The van der Waals surface area contributed by atoms with Gasteiger partial charge in [0.2, 0.25) is 0 Å². The number of hydrogen-bond acceptors (Lipinski definition) is 2. The number of nitrogens with zero attached hydrogens (tertiary/aromatic N) is 1. The van der Waals surface area contributed by atoms with Gasteiger partial charge in [-0.05, 0) is 13.3 Å². The van der Waals surface area contributed by atoms with Crippen molar-refractivity contribution in [2.75, 3.05) is 13.2 Å². The zero-order valence-electron chi connectivity index (χ0n) is 6.13. The highest BCUT2D eigenvalue weighted by molar-refractivity contribution is 5.14. The van der Waals surface area contributed by atoms with Crippen molar-refractivity contribution in [2.45, 2.75) is 13.3 Å². The number of nitriles is 1. The summed E-state index contributed by atoms with van der Waals surface area (Å²) in [5.74, 6) is 0.500. The first-order valence-corrected chi connectivity index (χ1v) is 3.48. The second-order valence-electron chi connectivity index (χ2n) is 2.58. The Bertz CT molecular complexity index is 172. The highest BCUT2D eigenvalue weighted by Gasteiger charge is 2.16. The van der Waals surface area contributed by atoms with Crippen LogP contribution in [0.3, 0.4) is 0 Å². The van der Waals surface area contributed by atoms with E-state index >= 15 is 0 Å². The van der Waals surface area contributed by atoms with Crippen LogP contribution in [0, 0.1) is 17.2 Å². The fourth-order valence-electron chi connectivity index (χ4n) is 1.11. The zero-order valence-corrected chi connectivity index (χ0v) is 6.13. The van der Waals surface area contributed by atoms with Crippen LogP contribution in [0.2, 0.25) is 0 Å². The molecule has 2 heteroatoms. The van der Waals surface area contributed by atoms with Crippen LogP contribution in [0.25, 0.3) is 0 Å². The van der Waals surface area contributed by atoms with Crippen molar-refractivity contribution in [2.24, 2.45) is 5.92 Å². The van der Waals surface area contributed by atoms with Crippen molar-refractivity contribution in [1.29, 1.82) is 5.26 Å². The molecule has 0 radical (unpaired) electrons. The molecule has 1 fully saturated rings. The van der Waals surface area contributed by atoms with Gasteiger partial charge in [-0.3, -0.25) is 0 Å². The largest absolute Gasteiger partial charge is 0.381 e. The van der Waals surface area contributed by atoms with Crippen molar-refractivity contribution in [3.05, 3.63) is 11.6 Å². The number of hydrogen-bond donors (Lipinski definition) is 0. The van der Waals surface area contributed by atoms with Crippen LogP contribution in [-0.4, -0.2) is 13.2 Å². The Morgan fingerprint density at radius 2 is 2.60 bits per heavy atom. The van der Waals surface area contributed by atoms with E-state index in [1.54, 1.807) is 6.08 Å². The van der Waals surface area contributed by atoms with E-state index in [-0.39, 0.29) is 0 Å². The average Bonchev–Trinajstić information content (AvgIpc) is 2.38. The summed E-state index contributed by atoms with van der Waals surface area (Å²) in [6, 6.07) is 2.03. The Balaban J connectivity index is 2.49. The van der Waals surface area contributed by atoms with Crippen LogP contribution < -0.4 is 0 Å². The predicted molar refractivity (Wildman–Crippen MR) is 38.3 cm³/mol. The third kappa shape index (κ3) is 1.58. The molecule has 0 bridgehead atoms. The van der Waals surface area contributed by atoms with Crippen LogP contribution in [0.1, 0.15) is 13.3 Å². The molecule has 0 aromatic rings. The highest BCUT2D eigenvalue weighted by Crippen LogP contribution is 2.20. The molecule has 10 heavy (non-hydrogen) atoms. The lowest BCUT2D eigenvalue weighted by Crippen LogP contribution is -1.99. The van der Waals surface area contributed by atoms with Gasteiger partial charge in [0.15, 0.2) is 0 Å². The molecule has 0 aromatic carbocycles. The average molecular weight is 137 g/mol. The molecule has 1 saturated heterocycles. The van der Waals surface area contributed by atoms with Crippen LogP contribution in [-0.2, 0) is 4.74 Å². The molecule has 0 aliphatic carbocycles. The van der Waals surface area contributed by atoms with Gasteiger partial charge in [-0.1, -0.05) is 5.57 Å². The van der Waals surface area contributed by atoms with Gasteiger partial charge in [-0.15, -0.1) is 0 Å². The molecule has 0 spiro atoms. The van der Waals surface area contributed by atoms with E-state index < -0.39 is 0 Å². The van der Waals surface area contributed by atoms with Crippen LogP contribution in [0.4, 0.5) is 0 Å². The normalized spacial score (nSPS) is 26.4. The van der Waals surface area contributed by atoms with Gasteiger partial charge < -0.3 is 4.74 Å². The molecule has 0 saturated carbocycles. The molecular weight excluding hydrogens is 126 g/mol. The van der Waals surface area contributed by atoms with Gasteiger partial charge in [0.1, 0.15) is 0 Å². The minimum atomic E-state index is 0.500. The Labute approximate surface area is 61.1 Å². The van der Waals surface area contributed by atoms with Gasteiger partial charge >= 0.3 is 0 Å². The van der Waals surface area contributed by atoms with Crippen molar-refractivity contribution in [3.8, 4) is 6.07 Å². The summed E-state index contributed by atoms with van der Waals surface area (Å²) in [6.07, 6.45) is 2.68. The molecule has 0 aromatic heterocycles. The number of rotatable bonds is 1. The summed E-state index contributed by atoms with van der Waals surface area (Å²) >= 11 is 0. The summed E-state index contributed by atoms with van der Waals surface area (Å²) in [6.45, 7) is 3.63. The monoisotopic (exact) mass is 137 g/mol. The number of allylic oxidation sites excluding steroid dienone is 1. The summed E-state index contributed by atoms with van der Waals surface area (Å²) in [7, 11) is 0. The quantitative estimate of drug-likeness (QED) is 0.513. The van der Waals surface area contributed by atoms with Crippen molar-refractivity contribution in [3.63, 3.8) is 0 Å². The summed E-state index contributed by atoms with van der Waals surface area (Å²) < 4.78 is 5.17. The SMILES string of the molecule is CC(=CC#N)C1CCOC1. The lowest BCUT2D eigenvalue weighted by molar-refractivity contribution is 0.190. The molecule has 1 atom stereocenters. The maximum Gasteiger partial charge on any atom is 0.0911 e. The minimum Gasteiger partial charge on any atom is -0.381 e. The van der Waals surface area contributed by atoms with E-state index in [9.17, 15) is 0 Å². The third-order valence-electron chi connectivity index (χ3n) is 1.87. The van der Waals surface area contributed by atoms with Crippen molar-refractivity contribution < 1.29 is 4.74 Å². The van der Waals surface area contributed by atoms with Gasteiger partial charge in [-0.2, -0.15) is 5.26 Å². The molecule has 1 unspecified atom stereocenters. The first-order chi connectivity index (χ1) is 4.84. The van der Waals surface area contributed by atoms with E-state index in [2.05, 4.69) is 0 Å². The molecule has 0 N–H and O–H groups in total.